The molecule has 1 aliphatic rings. The van der Waals surface area contributed by atoms with E-state index in [4.69, 9.17) is 0 Å². The number of carbonyl (C=O) groups is 2. The average Bonchev–Trinajstić information content (AvgIpc) is 3.36. The Balaban J connectivity index is 2.03. The second kappa shape index (κ2) is 7.88. The molecule has 0 aliphatic heterocycles. The molecule has 2 amide bonds. The van der Waals surface area contributed by atoms with Crippen LogP contribution in [-0.4, -0.2) is 41.1 Å². The lowest BCUT2D eigenvalue weighted by Crippen LogP contribution is -2.29. The number of hydrogen-bond acceptors (Lipinski definition) is 4. The van der Waals surface area contributed by atoms with Gasteiger partial charge in [-0.05, 0) is 37.0 Å². The maximum Gasteiger partial charge on any atom is 0.269 e. The SMILES string of the molecule is CNC(=O)c1cc(C(=O)N[C@H]2C[C@@H]2C)cc([C@H](c2ccccc2)[C@@H](C)O)n1. The van der Waals surface area contributed by atoms with Crippen LogP contribution >= 0.6 is 0 Å². The number of hydrogen-bond donors (Lipinski definition) is 3. The Morgan fingerprint density at radius 2 is 1.85 bits per heavy atom. The molecule has 1 aliphatic carbocycles. The van der Waals surface area contributed by atoms with Crippen molar-refractivity contribution >= 4 is 11.8 Å². The molecule has 0 radical (unpaired) electrons. The van der Waals surface area contributed by atoms with E-state index < -0.39 is 12.0 Å². The van der Waals surface area contributed by atoms with Gasteiger partial charge in [-0.2, -0.15) is 0 Å². The first kappa shape index (κ1) is 19.0. The number of rotatable bonds is 6. The first-order valence-electron chi connectivity index (χ1n) is 9.18. The van der Waals surface area contributed by atoms with Crippen LogP contribution < -0.4 is 10.6 Å². The Bertz CT molecular complexity index is 836. The van der Waals surface area contributed by atoms with Crippen molar-refractivity contribution in [2.45, 2.75) is 38.3 Å². The quantitative estimate of drug-likeness (QED) is 0.729. The van der Waals surface area contributed by atoms with Crippen molar-refractivity contribution in [3.05, 3.63) is 65.0 Å². The summed E-state index contributed by atoms with van der Waals surface area (Å²) in [5.41, 5.74) is 1.90. The second-order valence-corrected chi connectivity index (χ2v) is 7.17. The number of benzene rings is 1. The van der Waals surface area contributed by atoms with E-state index in [0.29, 0.717) is 17.2 Å². The predicted molar refractivity (Wildman–Crippen MR) is 103 cm³/mol. The summed E-state index contributed by atoms with van der Waals surface area (Å²) in [4.78, 5) is 29.3. The lowest BCUT2D eigenvalue weighted by molar-refractivity contribution is 0.0948. The van der Waals surface area contributed by atoms with E-state index in [1.807, 2.05) is 30.3 Å². The Labute approximate surface area is 159 Å². The smallest absolute Gasteiger partial charge is 0.269 e. The van der Waals surface area contributed by atoms with Crippen LogP contribution in [0.4, 0.5) is 0 Å². The van der Waals surface area contributed by atoms with Gasteiger partial charge in [0.05, 0.1) is 17.7 Å². The summed E-state index contributed by atoms with van der Waals surface area (Å²) >= 11 is 0. The first-order chi connectivity index (χ1) is 12.9. The Morgan fingerprint density at radius 1 is 1.19 bits per heavy atom. The van der Waals surface area contributed by atoms with E-state index >= 15 is 0 Å². The van der Waals surface area contributed by atoms with Crippen LogP contribution in [0.1, 0.15) is 58.3 Å². The lowest BCUT2D eigenvalue weighted by Gasteiger charge is -2.21. The number of nitrogens with one attached hydrogen (secondary N) is 2. The summed E-state index contributed by atoms with van der Waals surface area (Å²) in [6.45, 7) is 3.76. The van der Waals surface area contributed by atoms with Gasteiger partial charge in [0.25, 0.3) is 11.8 Å². The van der Waals surface area contributed by atoms with Crippen LogP contribution in [0.3, 0.4) is 0 Å². The van der Waals surface area contributed by atoms with Crippen molar-refractivity contribution in [1.29, 1.82) is 0 Å². The highest BCUT2D eigenvalue weighted by molar-refractivity contribution is 5.98. The van der Waals surface area contributed by atoms with Crippen molar-refractivity contribution in [2.24, 2.45) is 5.92 Å². The standard InChI is InChI=1S/C21H25N3O3/c1-12-9-16(12)24-20(26)15-10-17(23-18(11-15)21(27)22-3)19(13(2)25)14-7-5-4-6-8-14/h4-8,10-13,16,19,25H,9H2,1-3H3,(H,22,27)(H,24,26)/t12-,13+,16-,19-/m0/s1. The average molecular weight is 367 g/mol. The molecule has 1 aromatic heterocycles. The molecule has 1 fully saturated rings. The Morgan fingerprint density at radius 3 is 2.41 bits per heavy atom. The van der Waals surface area contributed by atoms with Gasteiger partial charge in [-0.3, -0.25) is 9.59 Å². The van der Waals surface area contributed by atoms with Crippen molar-refractivity contribution in [2.75, 3.05) is 7.05 Å². The molecule has 6 nitrogen and oxygen atoms in total. The highest BCUT2D eigenvalue weighted by atomic mass is 16.3. The van der Waals surface area contributed by atoms with Crippen LogP contribution in [0.15, 0.2) is 42.5 Å². The fourth-order valence-electron chi connectivity index (χ4n) is 3.22. The number of carbonyl (C=O) groups excluding carboxylic acids is 2. The van der Waals surface area contributed by atoms with Gasteiger partial charge < -0.3 is 15.7 Å². The molecule has 1 saturated carbocycles. The summed E-state index contributed by atoms with van der Waals surface area (Å²) in [5.74, 6) is -0.566. The molecule has 27 heavy (non-hydrogen) atoms. The summed E-state index contributed by atoms with van der Waals surface area (Å²) in [5, 5.41) is 15.9. The van der Waals surface area contributed by atoms with Gasteiger partial charge in [0.2, 0.25) is 0 Å². The first-order valence-corrected chi connectivity index (χ1v) is 9.18. The molecular weight excluding hydrogens is 342 g/mol. The third-order valence-corrected chi connectivity index (χ3v) is 4.95. The third-order valence-electron chi connectivity index (χ3n) is 4.95. The number of aliphatic hydroxyl groups is 1. The van der Waals surface area contributed by atoms with Crippen molar-refractivity contribution < 1.29 is 14.7 Å². The van der Waals surface area contributed by atoms with Gasteiger partial charge in [0.1, 0.15) is 5.69 Å². The van der Waals surface area contributed by atoms with Crippen LogP contribution in [0.5, 0.6) is 0 Å². The molecule has 1 heterocycles. The number of aliphatic hydroxyl groups excluding tert-OH is 1. The molecule has 6 heteroatoms. The fourth-order valence-corrected chi connectivity index (χ4v) is 3.22. The van der Waals surface area contributed by atoms with Gasteiger partial charge in [0.15, 0.2) is 0 Å². The summed E-state index contributed by atoms with van der Waals surface area (Å²) in [6, 6.07) is 12.8. The molecule has 142 valence electrons. The van der Waals surface area contributed by atoms with Gasteiger partial charge in [-0.15, -0.1) is 0 Å². The van der Waals surface area contributed by atoms with E-state index in [2.05, 4.69) is 22.5 Å². The summed E-state index contributed by atoms with van der Waals surface area (Å²) in [6.07, 6.45) is 0.228. The Hall–Kier alpha value is -2.73. The highest BCUT2D eigenvalue weighted by Gasteiger charge is 2.34. The molecule has 0 saturated heterocycles. The number of pyridine rings is 1. The van der Waals surface area contributed by atoms with E-state index in [1.54, 1.807) is 13.0 Å². The van der Waals surface area contributed by atoms with E-state index in [0.717, 1.165) is 12.0 Å². The van der Waals surface area contributed by atoms with Crippen LogP contribution in [0.25, 0.3) is 0 Å². The maximum atomic E-state index is 12.7. The van der Waals surface area contributed by atoms with Crippen LogP contribution in [0, 0.1) is 5.92 Å². The van der Waals surface area contributed by atoms with Crippen molar-refractivity contribution in [3.63, 3.8) is 0 Å². The van der Waals surface area contributed by atoms with Crippen LogP contribution in [0.2, 0.25) is 0 Å². The molecule has 1 aromatic carbocycles. The van der Waals surface area contributed by atoms with E-state index in [9.17, 15) is 14.7 Å². The maximum absolute atomic E-state index is 12.7. The van der Waals surface area contributed by atoms with E-state index in [1.165, 1.54) is 13.1 Å². The van der Waals surface area contributed by atoms with Crippen molar-refractivity contribution in [3.8, 4) is 0 Å². The zero-order chi connectivity index (χ0) is 19.6. The zero-order valence-electron chi connectivity index (χ0n) is 15.8. The monoisotopic (exact) mass is 367 g/mol. The largest absolute Gasteiger partial charge is 0.392 e. The molecule has 0 bridgehead atoms. The molecular formula is C21H25N3O3. The third kappa shape index (κ3) is 4.34. The number of nitrogens with zero attached hydrogens (tertiary/aromatic N) is 1. The minimum atomic E-state index is -0.737. The van der Waals surface area contributed by atoms with E-state index in [-0.39, 0.29) is 23.6 Å². The normalized spacial score (nSPS) is 20.4. The minimum absolute atomic E-state index is 0.158. The second-order valence-electron chi connectivity index (χ2n) is 7.17. The topological polar surface area (TPSA) is 91.3 Å². The summed E-state index contributed by atoms with van der Waals surface area (Å²) in [7, 11) is 1.52. The van der Waals surface area contributed by atoms with Gasteiger partial charge in [-0.25, -0.2) is 4.98 Å². The number of aromatic nitrogens is 1. The fraction of sp³-hybridized carbons (Fsp3) is 0.381. The molecule has 4 atom stereocenters. The zero-order valence-corrected chi connectivity index (χ0v) is 15.8. The summed E-state index contributed by atoms with van der Waals surface area (Å²) < 4.78 is 0. The minimum Gasteiger partial charge on any atom is -0.392 e. The van der Waals surface area contributed by atoms with Crippen molar-refractivity contribution in [1.82, 2.24) is 15.6 Å². The molecule has 0 unspecified atom stereocenters. The van der Waals surface area contributed by atoms with Crippen LogP contribution in [-0.2, 0) is 0 Å². The Kier molecular flexibility index (Phi) is 5.56. The van der Waals surface area contributed by atoms with Gasteiger partial charge in [-0.1, -0.05) is 37.3 Å². The highest BCUT2D eigenvalue weighted by Crippen LogP contribution is 2.30. The van der Waals surface area contributed by atoms with Gasteiger partial charge in [0, 0.05) is 18.7 Å². The molecule has 2 aromatic rings. The molecule has 3 rings (SSSR count). The lowest BCUT2D eigenvalue weighted by atomic mass is 9.89. The van der Waals surface area contributed by atoms with Gasteiger partial charge >= 0.3 is 0 Å². The molecule has 3 N–H and O–H groups in total. The molecule has 0 spiro atoms. The predicted octanol–water partition coefficient (Wildman–Crippen LogP) is 2.09. The number of amides is 2.